The van der Waals surface area contributed by atoms with E-state index in [9.17, 15) is 4.79 Å². The normalized spacial score (nSPS) is 10.3. The second-order valence-corrected chi connectivity index (χ2v) is 3.36. The Labute approximate surface area is 92.5 Å². The van der Waals surface area contributed by atoms with Gasteiger partial charge in [0.1, 0.15) is 5.56 Å². The number of carbonyl (C=O) groups is 1. The third kappa shape index (κ3) is 1.69. The van der Waals surface area contributed by atoms with Gasteiger partial charge in [-0.25, -0.2) is 4.79 Å². The lowest BCUT2D eigenvalue weighted by Crippen LogP contribution is -2.01. The Hall–Kier alpha value is -2.10. The van der Waals surface area contributed by atoms with Gasteiger partial charge in [0.05, 0.1) is 5.69 Å². The number of nitrogens with zero attached hydrogens (tertiary/aromatic N) is 1. The van der Waals surface area contributed by atoms with E-state index < -0.39 is 5.97 Å². The summed E-state index contributed by atoms with van der Waals surface area (Å²) >= 11 is 0. The number of aryl methyl sites for hydroxylation is 1. The highest BCUT2D eigenvalue weighted by atomic mass is 16.5. The Bertz CT molecular complexity index is 502. The average molecular weight is 217 g/mol. The van der Waals surface area contributed by atoms with Crippen LogP contribution in [0.3, 0.4) is 0 Å². The van der Waals surface area contributed by atoms with E-state index in [1.807, 2.05) is 25.1 Å². The molecule has 0 amide bonds. The van der Waals surface area contributed by atoms with Gasteiger partial charge in [0.25, 0.3) is 0 Å². The van der Waals surface area contributed by atoms with E-state index in [2.05, 4.69) is 5.16 Å². The lowest BCUT2D eigenvalue weighted by Gasteiger charge is -1.97. The summed E-state index contributed by atoms with van der Waals surface area (Å²) in [5, 5.41) is 12.9. The predicted molar refractivity (Wildman–Crippen MR) is 58.3 cm³/mol. The first-order chi connectivity index (χ1) is 7.74. The molecule has 16 heavy (non-hydrogen) atoms. The predicted octanol–water partition coefficient (Wildman–Crippen LogP) is 2.60. The molecule has 0 spiro atoms. The van der Waals surface area contributed by atoms with E-state index in [1.165, 1.54) is 0 Å². The summed E-state index contributed by atoms with van der Waals surface area (Å²) in [6, 6.07) is 9.12. The third-order valence-corrected chi connectivity index (χ3v) is 2.35. The summed E-state index contributed by atoms with van der Waals surface area (Å²) in [7, 11) is 0. The van der Waals surface area contributed by atoms with Crippen molar-refractivity contribution in [3.05, 3.63) is 41.6 Å². The summed E-state index contributed by atoms with van der Waals surface area (Å²) in [5.41, 5.74) is 1.37. The number of rotatable bonds is 3. The minimum atomic E-state index is -1.00. The van der Waals surface area contributed by atoms with Crippen LogP contribution in [0.15, 0.2) is 34.9 Å². The van der Waals surface area contributed by atoms with Crippen LogP contribution in [-0.2, 0) is 6.42 Å². The van der Waals surface area contributed by atoms with Crippen molar-refractivity contribution < 1.29 is 14.4 Å². The molecule has 0 aliphatic carbocycles. The topological polar surface area (TPSA) is 63.3 Å². The van der Waals surface area contributed by atoms with Gasteiger partial charge in [0.2, 0.25) is 0 Å². The molecule has 0 aliphatic rings. The second kappa shape index (κ2) is 4.18. The Morgan fingerprint density at radius 2 is 2.06 bits per heavy atom. The van der Waals surface area contributed by atoms with Gasteiger partial charge in [0.15, 0.2) is 5.76 Å². The van der Waals surface area contributed by atoms with Crippen LogP contribution in [-0.4, -0.2) is 16.2 Å². The SMILES string of the molecule is CCc1noc(-c2ccccc2)c1C(=O)O. The van der Waals surface area contributed by atoms with Crippen molar-refractivity contribution in [3.63, 3.8) is 0 Å². The minimum absolute atomic E-state index is 0.161. The first-order valence-electron chi connectivity index (χ1n) is 5.01. The number of aromatic nitrogens is 1. The Balaban J connectivity index is 2.58. The molecule has 4 nitrogen and oxygen atoms in total. The molecule has 0 bridgehead atoms. The fourth-order valence-electron chi connectivity index (χ4n) is 1.57. The fraction of sp³-hybridized carbons (Fsp3) is 0.167. The number of hydrogen-bond donors (Lipinski definition) is 1. The van der Waals surface area contributed by atoms with E-state index in [0.717, 1.165) is 5.56 Å². The molecule has 0 saturated carbocycles. The van der Waals surface area contributed by atoms with Crippen LogP contribution in [0.25, 0.3) is 11.3 Å². The van der Waals surface area contributed by atoms with Crippen LogP contribution < -0.4 is 0 Å². The molecule has 1 heterocycles. The molecule has 0 aliphatic heterocycles. The molecule has 4 heteroatoms. The monoisotopic (exact) mass is 217 g/mol. The van der Waals surface area contributed by atoms with Gasteiger partial charge in [-0.05, 0) is 6.42 Å². The molecule has 0 fully saturated rings. The first-order valence-corrected chi connectivity index (χ1v) is 5.01. The highest BCUT2D eigenvalue weighted by molar-refractivity contribution is 5.95. The van der Waals surface area contributed by atoms with Crippen LogP contribution >= 0.6 is 0 Å². The van der Waals surface area contributed by atoms with E-state index in [1.54, 1.807) is 12.1 Å². The maximum Gasteiger partial charge on any atom is 0.341 e. The summed E-state index contributed by atoms with van der Waals surface area (Å²) in [4.78, 5) is 11.1. The molecule has 1 aromatic heterocycles. The van der Waals surface area contributed by atoms with Gasteiger partial charge in [-0.1, -0.05) is 42.4 Å². The molecule has 2 aromatic rings. The van der Waals surface area contributed by atoms with E-state index in [0.29, 0.717) is 17.9 Å². The lowest BCUT2D eigenvalue weighted by molar-refractivity contribution is 0.0696. The second-order valence-electron chi connectivity index (χ2n) is 3.36. The van der Waals surface area contributed by atoms with Crippen LogP contribution in [0.5, 0.6) is 0 Å². The van der Waals surface area contributed by atoms with Crippen molar-refractivity contribution in [1.82, 2.24) is 5.16 Å². The third-order valence-electron chi connectivity index (χ3n) is 2.35. The molecule has 1 N–H and O–H groups in total. The van der Waals surface area contributed by atoms with Crippen molar-refractivity contribution in [1.29, 1.82) is 0 Å². The Kier molecular flexibility index (Phi) is 2.72. The van der Waals surface area contributed by atoms with E-state index in [4.69, 9.17) is 9.63 Å². The fourth-order valence-corrected chi connectivity index (χ4v) is 1.57. The van der Waals surface area contributed by atoms with Crippen LogP contribution in [0.2, 0.25) is 0 Å². The lowest BCUT2D eigenvalue weighted by atomic mass is 10.1. The summed E-state index contributed by atoms with van der Waals surface area (Å²) < 4.78 is 5.10. The van der Waals surface area contributed by atoms with E-state index >= 15 is 0 Å². The molecule has 0 unspecified atom stereocenters. The molecular weight excluding hydrogens is 206 g/mol. The number of aromatic carboxylic acids is 1. The molecule has 82 valence electrons. The number of benzene rings is 1. The zero-order valence-corrected chi connectivity index (χ0v) is 8.80. The maximum atomic E-state index is 11.1. The van der Waals surface area contributed by atoms with Crippen molar-refractivity contribution >= 4 is 5.97 Å². The highest BCUT2D eigenvalue weighted by Crippen LogP contribution is 2.26. The van der Waals surface area contributed by atoms with Crippen molar-refractivity contribution in [2.75, 3.05) is 0 Å². The van der Waals surface area contributed by atoms with Gasteiger partial charge in [-0.2, -0.15) is 0 Å². The van der Waals surface area contributed by atoms with Crippen LogP contribution in [0.4, 0.5) is 0 Å². The Morgan fingerprint density at radius 1 is 1.38 bits per heavy atom. The molecule has 0 atom stereocenters. The number of carboxylic acids is 1. The molecule has 1 aromatic carbocycles. The molecule has 2 rings (SSSR count). The highest BCUT2D eigenvalue weighted by Gasteiger charge is 2.21. The van der Waals surface area contributed by atoms with Crippen LogP contribution in [0, 0.1) is 0 Å². The smallest absolute Gasteiger partial charge is 0.341 e. The average Bonchev–Trinajstić information content (AvgIpc) is 2.73. The maximum absolute atomic E-state index is 11.1. The van der Waals surface area contributed by atoms with Crippen molar-refractivity contribution in [3.8, 4) is 11.3 Å². The number of hydrogen-bond acceptors (Lipinski definition) is 3. The molecular formula is C12H11NO3. The van der Waals surface area contributed by atoms with Gasteiger partial charge in [-0.15, -0.1) is 0 Å². The quantitative estimate of drug-likeness (QED) is 0.858. The van der Waals surface area contributed by atoms with Crippen LogP contribution in [0.1, 0.15) is 23.0 Å². The standard InChI is InChI=1S/C12H11NO3/c1-2-9-10(12(14)15)11(16-13-9)8-6-4-3-5-7-8/h3-7H,2H2,1H3,(H,14,15). The van der Waals surface area contributed by atoms with Gasteiger partial charge in [-0.3, -0.25) is 0 Å². The summed E-state index contributed by atoms with van der Waals surface area (Å²) in [6.45, 7) is 1.85. The Morgan fingerprint density at radius 3 is 2.62 bits per heavy atom. The summed E-state index contributed by atoms with van der Waals surface area (Å²) in [6.07, 6.45) is 0.540. The molecule has 0 radical (unpaired) electrons. The molecule has 0 saturated heterocycles. The van der Waals surface area contributed by atoms with Crippen molar-refractivity contribution in [2.45, 2.75) is 13.3 Å². The van der Waals surface area contributed by atoms with Gasteiger partial charge >= 0.3 is 5.97 Å². The zero-order valence-electron chi connectivity index (χ0n) is 8.80. The van der Waals surface area contributed by atoms with Gasteiger partial charge < -0.3 is 9.63 Å². The van der Waals surface area contributed by atoms with Crippen molar-refractivity contribution in [2.24, 2.45) is 0 Å². The zero-order chi connectivity index (χ0) is 11.5. The largest absolute Gasteiger partial charge is 0.477 e. The minimum Gasteiger partial charge on any atom is -0.477 e. The van der Waals surface area contributed by atoms with Gasteiger partial charge in [0, 0.05) is 5.56 Å². The van der Waals surface area contributed by atoms with E-state index in [-0.39, 0.29) is 5.56 Å². The summed E-state index contributed by atoms with van der Waals surface area (Å²) in [5.74, 6) is -0.679. The number of carboxylic acid groups (broad SMARTS) is 1. The first kappa shape index (κ1) is 10.4.